The summed E-state index contributed by atoms with van der Waals surface area (Å²) < 4.78 is 7.77. The van der Waals surface area contributed by atoms with Crippen molar-refractivity contribution < 1.29 is 9.53 Å². The molecule has 0 N–H and O–H groups in total. The van der Waals surface area contributed by atoms with Crippen LogP contribution in [0, 0.1) is 0 Å². The van der Waals surface area contributed by atoms with Crippen LogP contribution in [0.15, 0.2) is 40.5 Å². The maximum atomic E-state index is 13.8. The van der Waals surface area contributed by atoms with Gasteiger partial charge in [-0.05, 0) is 68.2 Å². The van der Waals surface area contributed by atoms with Crippen molar-refractivity contribution in [2.24, 2.45) is 4.99 Å². The van der Waals surface area contributed by atoms with E-state index in [-0.39, 0.29) is 11.9 Å². The summed E-state index contributed by atoms with van der Waals surface area (Å²) in [5.74, 6) is 0.167. The van der Waals surface area contributed by atoms with Crippen molar-refractivity contribution in [2.75, 3.05) is 13.2 Å². The fraction of sp³-hybridized carbons (Fsp3) is 0.542. The zero-order valence-corrected chi connectivity index (χ0v) is 17.3. The molecule has 0 spiro atoms. The molecule has 2 heterocycles. The molecule has 156 valence electrons. The molecule has 1 aromatic carbocycles. The van der Waals surface area contributed by atoms with E-state index >= 15 is 0 Å². The Morgan fingerprint density at radius 1 is 1.17 bits per heavy atom. The molecule has 4 aliphatic rings. The summed E-state index contributed by atoms with van der Waals surface area (Å²) in [6.45, 7) is 2.26. The molecule has 2 saturated carbocycles. The Balaban J connectivity index is 1.26. The van der Waals surface area contributed by atoms with Crippen molar-refractivity contribution in [3.63, 3.8) is 0 Å². The van der Waals surface area contributed by atoms with E-state index in [1.165, 1.54) is 24.0 Å². The summed E-state index contributed by atoms with van der Waals surface area (Å²) >= 11 is 0. The topological polar surface area (TPSA) is 59.7 Å². The maximum absolute atomic E-state index is 13.8. The van der Waals surface area contributed by atoms with Crippen LogP contribution in [0.2, 0.25) is 0 Å². The molecule has 1 amide bonds. The first-order valence-electron chi connectivity index (χ1n) is 11.4. The molecule has 6 rings (SSSR count). The minimum atomic E-state index is 0.167. The molecule has 6 heteroatoms. The Bertz CT molecular complexity index is 1040. The van der Waals surface area contributed by atoms with Crippen LogP contribution < -0.4 is 0 Å². The van der Waals surface area contributed by atoms with Crippen LogP contribution >= 0.6 is 0 Å². The van der Waals surface area contributed by atoms with E-state index in [4.69, 9.17) is 4.74 Å². The van der Waals surface area contributed by atoms with Crippen LogP contribution in [0.3, 0.4) is 0 Å². The fourth-order valence-corrected chi connectivity index (χ4v) is 4.96. The molecule has 1 aliphatic heterocycles. The number of nitrogens with zero attached hydrogens (tertiary/aromatic N) is 4. The van der Waals surface area contributed by atoms with Gasteiger partial charge in [0, 0.05) is 23.7 Å². The average molecular weight is 405 g/mol. The maximum Gasteiger partial charge on any atom is 0.255 e. The first kappa shape index (κ1) is 18.3. The molecular weight excluding hydrogens is 376 g/mol. The van der Waals surface area contributed by atoms with Crippen LogP contribution in [-0.2, 0) is 11.3 Å². The van der Waals surface area contributed by atoms with Gasteiger partial charge in [-0.25, -0.2) is 0 Å². The normalized spacial score (nSPS) is 23.3. The number of carbonyl (C=O) groups is 1. The van der Waals surface area contributed by atoms with Gasteiger partial charge in [0.05, 0.1) is 43.1 Å². The largest absolute Gasteiger partial charge is 0.376 e. The quantitative estimate of drug-likeness (QED) is 0.706. The van der Waals surface area contributed by atoms with Crippen molar-refractivity contribution in [2.45, 2.75) is 69.7 Å². The Labute approximate surface area is 176 Å². The second-order valence-corrected chi connectivity index (χ2v) is 9.12. The Kier molecular flexibility index (Phi) is 4.48. The minimum Gasteiger partial charge on any atom is -0.376 e. The molecule has 0 bridgehead atoms. The standard InChI is InChI=1S/C24H28N4O2/c29-24(28(18-6-7-18)19-5-4-16-13-25-14-17(16)12-19)21-2-1-3-23-22(21)15-26-27(23)10-11-30-20-8-9-20/h1-3,14-15,18-20H,4-13H2. The summed E-state index contributed by atoms with van der Waals surface area (Å²) in [4.78, 5) is 20.4. The average Bonchev–Trinajstić information content (AvgIpc) is 3.68. The first-order valence-corrected chi connectivity index (χ1v) is 11.4. The smallest absolute Gasteiger partial charge is 0.255 e. The van der Waals surface area contributed by atoms with Crippen LogP contribution in [0.1, 0.15) is 55.3 Å². The SMILES string of the molecule is O=C(c1cccc2c1cnn2CCOC1CC1)N(C1CC1)C1CCC2=C(C=NC2)C1. The lowest BCUT2D eigenvalue weighted by atomic mass is 9.88. The van der Waals surface area contributed by atoms with E-state index in [1.54, 1.807) is 0 Å². The molecule has 0 saturated heterocycles. The van der Waals surface area contributed by atoms with Crippen LogP contribution in [0.5, 0.6) is 0 Å². The Morgan fingerprint density at radius 2 is 2.07 bits per heavy atom. The summed E-state index contributed by atoms with van der Waals surface area (Å²) in [6.07, 6.45) is 12.0. The number of aromatic nitrogens is 2. The number of carbonyl (C=O) groups excluding carboxylic acids is 1. The lowest BCUT2D eigenvalue weighted by molar-refractivity contribution is 0.0647. The number of ether oxygens (including phenoxy) is 1. The lowest BCUT2D eigenvalue weighted by Crippen LogP contribution is -2.43. The first-order chi connectivity index (χ1) is 14.8. The zero-order chi connectivity index (χ0) is 20.1. The Hall–Kier alpha value is -2.47. The third kappa shape index (κ3) is 3.37. The zero-order valence-electron chi connectivity index (χ0n) is 17.3. The second kappa shape index (κ2) is 7.34. The van der Waals surface area contributed by atoms with Gasteiger partial charge in [-0.15, -0.1) is 0 Å². The molecule has 6 nitrogen and oxygen atoms in total. The highest BCUT2D eigenvalue weighted by Crippen LogP contribution is 2.38. The number of hydrogen-bond acceptors (Lipinski definition) is 4. The molecule has 1 aromatic heterocycles. The van der Waals surface area contributed by atoms with E-state index in [0.29, 0.717) is 18.8 Å². The molecule has 2 fully saturated rings. The highest BCUT2D eigenvalue weighted by atomic mass is 16.5. The van der Waals surface area contributed by atoms with Crippen molar-refractivity contribution in [3.05, 3.63) is 41.1 Å². The summed E-state index contributed by atoms with van der Waals surface area (Å²) in [6, 6.07) is 6.69. The van der Waals surface area contributed by atoms with Gasteiger partial charge in [0.1, 0.15) is 0 Å². The van der Waals surface area contributed by atoms with Crippen molar-refractivity contribution in [1.29, 1.82) is 0 Å². The van der Waals surface area contributed by atoms with E-state index in [9.17, 15) is 4.79 Å². The number of benzene rings is 1. The minimum absolute atomic E-state index is 0.167. The summed E-state index contributed by atoms with van der Waals surface area (Å²) in [5, 5.41) is 5.53. The van der Waals surface area contributed by atoms with E-state index in [0.717, 1.165) is 61.7 Å². The third-order valence-electron chi connectivity index (χ3n) is 6.89. The van der Waals surface area contributed by atoms with E-state index in [1.807, 2.05) is 29.2 Å². The second-order valence-electron chi connectivity index (χ2n) is 9.12. The number of aliphatic imine (C=N–C) groups is 1. The van der Waals surface area contributed by atoms with E-state index < -0.39 is 0 Å². The van der Waals surface area contributed by atoms with Crippen molar-refractivity contribution >= 4 is 23.0 Å². The highest BCUT2D eigenvalue weighted by molar-refractivity contribution is 6.06. The molecule has 30 heavy (non-hydrogen) atoms. The molecule has 2 aromatic rings. The summed E-state index contributed by atoms with van der Waals surface area (Å²) in [7, 11) is 0. The molecule has 1 unspecified atom stereocenters. The summed E-state index contributed by atoms with van der Waals surface area (Å²) in [5.41, 5.74) is 4.65. The van der Waals surface area contributed by atoms with Crippen molar-refractivity contribution in [1.82, 2.24) is 14.7 Å². The molecule has 1 atom stereocenters. The molecule has 0 radical (unpaired) electrons. The van der Waals surface area contributed by atoms with Gasteiger partial charge in [0.25, 0.3) is 5.91 Å². The number of fused-ring (bicyclic) bond motifs is 1. The molecule has 3 aliphatic carbocycles. The van der Waals surface area contributed by atoms with Gasteiger partial charge in [-0.1, -0.05) is 6.07 Å². The van der Waals surface area contributed by atoms with Gasteiger partial charge in [-0.3, -0.25) is 14.5 Å². The predicted molar refractivity (Wildman–Crippen MR) is 116 cm³/mol. The fourth-order valence-electron chi connectivity index (χ4n) is 4.96. The number of rotatable bonds is 7. The molecular formula is C24H28N4O2. The van der Waals surface area contributed by atoms with Gasteiger partial charge in [0.15, 0.2) is 0 Å². The van der Waals surface area contributed by atoms with Crippen LogP contribution in [0.4, 0.5) is 0 Å². The van der Waals surface area contributed by atoms with Gasteiger partial charge >= 0.3 is 0 Å². The predicted octanol–water partition coefficient (Wildman–Crippen LogP) is 3.75. The third-order valence-corrected chi connectivity index (χ3v) is 6.89. The van der Waals surface area contributed by atoms with Gasteiger partial charge in [-0.2, -0.15) is 5.10 Å². The van der Waals surface area contributed by atoms with Gasteiger partial charge in [0.2, 0.25) is 0 Å². The number of hydrogen-bond donors (Lipinski definition) is 0. The van der Waals surface area contributed by atoms with Crippen LogP contribution in [0.25, 0.3) is 10.9 Å². The lowest BCUT2D eigenvalue weighted by Gasteiger charge is -2.35. The Morgan fingerprint density at radius 3 is 2.90 bits per heavy atom. The monoisotopic (exact) mass is 404 g/mol. The van der Waals surface area contributed by atoms with Gasteiger partial charge < -0.3 is 9.64 Å². The highest BCUT2D eigenvalue weighted by Gasteiger charge is 2.40. The van der Waals surface area contributed by atoms with E-state index in [2.05, 4.69) is 21.1 Å². The van der Waals surface area contributed by atoms with Crippen molar-refractivity contribution in [3.8, 4) is 0 Å². The number of amides is 1. The van der Waals surface area contributed by atoms with Crippen LogP contribution in [-0.4, -0.2) is 58.1 Å².